The number of carbonyl (C=O) groups is 1. The lowest BCUT2D eigenvalue weighted by Crippen LogP contribution is -2.28. The van der Waals surface area contributed by atoms with Crippen LogP contribution in [0.1, 0.15) is 43.5 Å². The van der Waals surface area contributed by atoms with Crippen molar-refractivity contribution >= 4 is 17.3 Å². The fourth-order valence-electron chi connectivity index (χ4n) is 2.60. The van der Waals surface area contributed by atoms with Gasteiger partial charge in [-0.1, -0.05) is 19.4 Å². The van der Waals surface area contributed by atoms with Gasteiger partial charge >= 0.3 is 0 Å². The zero-order valence-corrected chi connectivity index (χ0v) is 12.4. The average molecular weight is 291 g/mol. The van der Waals surface area contributed by atoms with E-state index >= 15 is 0 Å². The Hall–Kier alpha value is -2.11. The van der Waals surface area contributed by atoms with Crippen LogP contribution in [0.2, 0.25) is 0 Å². The highest BCUT2D eigenvalue weighted by atomic mass is 16.6. The summed E-state index contributed by atoms with van der Waals surface area (Å²) in [6.07, 6.45) is 3.22. The second-order valence-corrected chi connectivity index (χ2v) is 5.35. The highest BCUT2D eigenvalue weighted by Gasteiger charge is 2.37. The number of nitrogens with zero attached hydrogens (tertiary/aromatic N) is 1. The van der Waals surface area contributed by atoms with Gasteiger partial charge in [0.2, 0.25) is 0 Å². The summed E-state index contributed by atoms with van der Waals surface area (Å²) in [5, 5.41) is 17.0. The van der Waals surface area contributed by atoms with Gasteiger partial charge in [-0.25, -0.2) is 0 Å². The van der Waals surface area contributed by atoms with Gasteiger partial charge in [0.1, 0.15) is 5.69 Å². The maximum atomic E-state index is 12.3. The Bertz CT molecular complexity index is 545. The highest BCUT2D eigenvalue weighted by molar-refractivity contribution is 6.01. The summed E-state index contributed by atoms with van der Waals surface area (Å²) in [5.74, 6) is 0.318. The first-order valence-electron chi connectivity index (χ1n) is 7.40. The zero-order valence-electron chi connectivity index (χ0n) is 12.4. The van der Waals surface area contributed by atoms with Crippen molar-refractivity contribution < 1.29 is 9.72 Å². The maximum Gasteiger partial charge on any atom is 0.293 e. The van der Waals surface area contributed by atoms with E-state index in [1.807, 2.05) is 6.92 Å². The van der Waals surface area contributed by atoms with E-state index in [0.717, 1.165) is 19.3 Å². The molecule has 1 amide bonds. The normalized spacial score (nSPS) is 19.9. The lowest BCUT2D eigenvalue weighted by atomic mass is 10.1. The van der Waals surface area contributed by atoms with E-state index in [1.54, 1.807) is 12.1 Å². The van der Waals surface area contributed by atoms with Crippen LogP contribution in [0.4, 0.5) is 11.4 Å². The number of carbonyl (C=O) groups excluding carboxylic acids is 1. The molecule has 0 spiro atoms. The van der Waals surface area contributed by atoms with E-state index in [4.69, 9.17) is 0 Å². The smallest absolute Gasteiger partial charge is 0.293 e. The number of anilines is 1. The Kier molecular flexibility index (Phi) is 4.77. The molecule has 0 radical (unpaired) electrons. The monoisotopic (exact) mass is 291 g/mol. The van der Waals surface area contributed by atoms with E-state index in [1.165, 1.54) is 6.07 Å². The molecule has 21 heavy (non-hydrogen) atoms. The average Bonchev–Trinajstić information content (AvgIpc) is 3.17. The van der Waals surface area contributed by atoms with Gasteiger partial charge in [0, 0.05) is 18.7 Å². The van der Waals surface area contributed by atoms with Crippen molar-refractivity contribution in [1.29, 1.82) is 0 Å². The largest absolute Gasteiger partial charge is 0.379 e. The standard InChI is InChI=1S/C15H21N3O3/c1-3-6-10-9-12(10)17-15(19)11-7-5-8-13(18(20)21)14(11)16-4-2/h5,7-8,10,12,16H,3-4,6,9H2,1-2H3,(H,17,19). The number of nitro benzene ring substituents is 1. The minimum Gasteiger partial charge on any atom is -0.379 e. The van der Waals surface area contributed by atoms with Crippen molar-refractivity contribution in [1.82, 2.24) is 5.32 Å². The van der Waals surface area contributed by atoms with Crippen LogP contribution < -0.4 is 10.6 Å². The van der Waals surface area contributed by atoms with Gasteiger partial charge in [0.15, 0.2) is 0 Å². The molecule has 114 valence electrons. The summed E-state index contributed by atoms with van der Waals surface area (Å²) in [4.78, 5) is 23.0. The third-order valence-electron chi connectivity index (χ3n) is 3.74. The summed E-state index contributed by atoms with van der Waals surface area (Å²) in [6, 6.07) is 4.79. The highest BCUT2D eigenvalue weighted by Crippen LogP contribution is 2.35. The molecule has 0 heterocycles. The molecule has 6 heteroatoms. The first-order chi connectivity index (χ1) is 10.1. The molecule has 1 saturated carbocycles. The van der Waals surface area contributed by atoms with Gasteiger partial charge in [-0.15, -0.1) is 0 Å². The number of nitrogens with one attached hydrogen (secondary N) is 2. The molecule has 0 aromatic heterocycles. The second-order valence-electron chi connectivity index (χ2n) is 5.35. The number of nitro groups is 1. The van der Waals surface area contributed by atoms with E-state index in [2.05, 4.69) is 17.6 Å². The molecule has 0 bridgehead atoms. The zero-order chi connectivity index (χ0) is 15.4. The Morgan fingerprint density at radius 3 is 2.81 bits per heavy atom. The number of para-hydroxylation sites is 1. The van der Waals surface area contributed by atoms with Crippen LogP contribution in [0.5, 0.6) is 0 Å². The van der Waals surface area contributed by atoms with E-state index < -0.39 is 4.92 Å². The maximum absolute atomic E-state index is 12.3. The van der Waals surface area contributed by atoms with Crippen molar-refractivity contribution in [2.24, 2.45) is 5.92 Å². The van der Waals surface area contributed by atoms with Gasteiger partial charge in [-0.3, -0.25) is 14.9 Å². The summed E-state index contributed by atoms with van der Waals surface area (Å²) in [7, 11) is 0. The fourth-order valence-corrected chi connectivity index (χ4v) is 2.60. The first kappa shape index (κ1) is 15.3. The van der Waals surface area contributed by atoms with Crippen molar-refractivity contribution in [2.45, 2.75) is 39.2 Å². The molecule has 1 aromatic carbocycles. The van der Waals surface area contributed by atoms with Gasteiger partial charge in [-0.05, 0) is 31.7 Å². The number of hydrogen-bond acceptors (Lipinski definition) is 4. The second kappa shape index (κ2) is 6.56. The van der Waals surface area contributed by atoms with E-state index in [-0.39, 0.29) is 17.6 Å². The summed E-state index contributed by atoms with van der Waals surface area (Å²) in [6.45, 7) is 4.49. The lowest BCUT2D eigenvalue weighted by molar-refractivity contribution is -0.384. The molecule has 0 aliphatic heterocycles. The summed E-state index contributed by atoms with van der Waals surface area (Å²) < 4.78 is 0. The van der Waals surface area contributed by atoms with Crippen LogP contribution in [-0.4, -0.2) is 23.4 Å². The Morgan fingerprint density at radius 1 is 1.43 bits per heavy atom. The molecular formula is C15H21N3O3. The number of benzene rings is 1. The lowest BCUT2D eigenvalue weighted by Gasteiger charge is -2.11. The van der Waals surface area contributed by atoms with Crippen LogP contribution in [0.3, 0.4) is 0 Å². The SMILES string of the molecule is CCCC1CC1NC(=O)c1cccc([N+](=O)[O-])c1NCC. The number of rotatable bonds is 7. The number of hydrogen-bond donors (Lipinski definition) is 2. The van der Waals surface area contributed by atoms with Gasteiger partial charge in [-0.2, -0.15) is 0 Å². The Labute approximate surface area is 124 Å². The van der Waals surface area contributed by atoms with Gasteiger partial charge < -0.3 is 10.6 Å². The van der Waals surface area contributed by atoms with Crippen LogP contribution in [0.25, 0.3) is 0 Å². The van der Waals surface area contributed by atoms with E-state index in [0.29, 0.717) is 23.7 Å². The molecule has 1 aliphatic carbocycles. The molecule has 2 rings (SSSR count). The van der Waals surface area contributed by atoms with Gasteiger partial charge in [0.05, 0.1) is 10.5 Å². The molecule has 1 aromatic rings. The fraction of sp³-hybridized carbons (Fsp3) is 0.533. The Morgan fingerprint density at radius 2 is 2.19 bits per heavy atom. The van der Waals surface area contributed by atoms with Crippen LogP contribution in [-0.2, 0) is 0 Å². The molecule has 1 fully saturated rings. The molecule has 6 nitrogen and oxygen atoms in total. The molecule has 1 aliphatic rings. The topological polar surface area (TPSA) is 84.3 Å². The minimum absolute atomic E-state index is 0.0644. The van der Waals surface area contributed by atoms with Crippen LogP contribution in [0, 0.1) is 16.0 Å². The summed E-state index contributed by atoms with van der Waals surface area (Å²) in [5.41, 5.74) is 0.578. The quantitative estimate of drug-likeness (QED) is 0.597. The molecule has 2 N–H and O–H groups in total. The predicted molar refractivity (Wildman–Crippen MR) is 81.5 cm³/mol. The third kappa shape index (κ3) is 3.51. The van der Waals surface area contributed by atoms with Gasteiger partial charge in [0.25, 0.3) is 11.6 Å². The molecule has 0 saturated heterocycles. The number of amides is 1. The predicted octanol–water partition coefficient (Wildman–Crippen LogP) is 2.95. The third-order valence-corrected chi connectivity index (χ3v) is 3.74. The van der Waals surface area contributed by atoms with Crippen molar-refractivity contribution in [3.8, 4) is 0 Å². The first-order valence-corrected chi connectivity index (χ1v) is 7.40. The van der Waals surface area contributed by atoms with Crippen molar-refractivity contribution in [3.05, 3.63) is 33.9 Å². The van der Waals surface area contributed by atoms with Crippen molar-refractivity contribution in [3.63, 3.8) is 0 Å². The Balaban J connectivity index is 2.16. The summed E-state index contributed by atoms with van der Waals surface area (Å²) >= 11 is 0. The molecular weight excluding hydrogens is 270 g/mol. The minimum atomic E-state index is -0.466. The van der Waals surface area contributed by atoms with E-state index in [9.17, 15) is 14.9 Å². The van der Waals surface area contributed by atoms with Crippen LogP contribution >= 0.6 is 0 Å². The molecule has 2 atom stereocenters. The van der Waals surface area contributed by atoms with Crippen molar-refractivity contribution in [2.75, 3.05) is 11.9 Å². The van der Waals surface area contributed by atoms with Crippen LogP contribution in [0.15, 0.2) is 18.2 Å². The molecule has 2 unspecified atom stereocenters.